The normalized spacial score (nSPS) is 10.3. The van der Waals surface area contributed by atoms with E-state index >= 15 is 0 Å². The minimum absolute atomic E-state index is 0.309. The van der Waals surface area contributed by atoms with Crippen LogP contribution in [0.2, 0.25) is 10.0 Å². The van der Waals surface area contributed by atoms with Gasteiger partial charge < -0.3 is 10.1 Å². The van der Waals surface area contributed by atoms with E-state index < -0.39 is 18.5 Å². The number of anilines is 1. The van der Waals surface area contributed by atoms with Crippen LogP contribution in [0.1, 0.15) is 15.9 Å². The van der Waals surface area contributed by atoms with E-state index in [1.165, 1.54) is 0 Å². The molecule has 0 aliphatic carbocycles. The Kier molecular flexibility index (Phi) is 6.54. The average Bonchev–Trinajstić information content (AvgIpc) is 2.60. The number of carbonyl (C=O) groups excluding carboxylic acids is 2. The Labute approximate surface area is 154 Å². The highest BCUT2D eigenvalue weighted by Crippen LogP contribution is 2.32. The molecular weight excluding hydrogens is 369 g/mol. The predicted molar refractivity (Wildman–Crippen MR) is 98.3 cm³/mol. The molecule has 2 aromatic rings. The molecule has 0 saturated carbocycles. The zero-order chi connectivity index (χ0) is 17.7. The van der Waals surface area contributed by atoms with Crippen molar-refractivity contribution in [3.05, 3.63) is 57.6 Å². The molecule has 0 heterocycles. The molecule has 0 atom stereocenters. The number of nitrogens with one attached hydrogen (secondary N) is 1. The molecule has 24 heavy (non-hydrogen) atoms. The molecular formula is C17H15Cl2NO3S. The predicted octanol–water partition coefficient (Wildman–Crippen LogP) is 4.82. The van der Waals surface area contributed by atoms with E-state index in [2.05, 4.69) is 5.32 Å². The van der Waals surface area contributed by atoms with Gasteiger partial charge in [0, 0.05) is 4.90 Å². The summed E-state index contributed by atoms with van der Waals surface area (Å²) in [7, 11) is 0. The van der Waals surface area contributed by atoms with Gasteiger partial charge in [-0.1, -0.05) is 29.3 Å². The monoisotopic (exact) mass is 383 g/mol. The van der Waals surface area contributed by atoms with Crippen molar-refractivity contribution < 1.29 is 14.3 Å². The lowest BCUT2D eigenvalue weighted by Gasteiger charge is -2.11. The third-order valence-corrected chi connectivity index (χ3v) is 4.75. The molecule has 0 spiro atoms. The van der Waals surface area contributed by atoms with Crippen LogP contribution in [0.15, 0.2) is 41.3 Å². The van der Waals surface area contributed by atoms with E-state index in [9.17, 15) is 9.59 Å². The van der Waals surface area contributed by atoms with Gasteiger partial charge >= 0.3 is 5.97 Å². The van der Waals surface area contributed by atoms with Crippen molar-refractivity contribution in [2.75, 3.05) is 18.2 Å². The summed E-state index contributed by atoms with van der Waals surface area (Å²) in [6, 6.07) is 10.3. The van der Waals surface area contributed by atoms with Gasteiger partial charge in [-0.2, -0.15) is 0 Å². The van der Waals surface area contributed by atoms with Gasteiger partial charge in [0.1, 0.15) is 0 Å². The van der Waals surface area contributed by atoms with Crippen LogP contribution >= 0.6 is 35.0 Å². The fraction of sp³-hybridized carbons (Fsp3) is 0.176. The van der Waals surface area contributed by atoms with Crippen molar-refractivity contribution in [3.63, 3.8) is 0 Å². The number of amides is 1. The summed E-state index contributed by atoms with van der Waals surface area (Å²) in [5, 5.41) is 3.23. The first-order valence-electron chi connectivity index (χ1n) is 6.98. The molecule has 2 rings (SSSR count). The molecule has 0 bridgehead atoms. The summed E-state index contributed by atoms with van der Waals surface area (Å²) < 4.78 is 5.00. The molecule has 1 amide bonds. The van der Waals surface area contributed by atoms with E-state index in [0.717, 1.165) is 10.5 Å². The Morgan fingerprint density at radius 3 is 2.42 bits per heavy atom. The molecule has 2 aromatic carbocycles. The van der Waals surface area contributed by atoms with Gasteiger partial charge in [-0.3, -0.25) is 4.79 Å². The topological polar surface area (TPSA) is 55.4 Å². The second-order valence-electron chi connectivity index (χ2n) is 4.91. The molecule has 0 aliphatic rings. The number of rotatable bonds is 5. The zero-order valence-corrected chi connectivity index (χ0v) is 15.4. The summed E-state index contributed by atoms with van der Waals surface area (Å²) in [6.45, 7) is 1.37. The second-order valence-corrected chi connectivity index (χ2v) is 6.57. The van der Waals surface area contributed by atoms with Crippen molar-refractivity contribution >= 4 is 52.5 Å². The van der Waals surface area contributed by atoms with Crippen LogP contribution in [0.4, 0.5) is 5.69 Å². The molecule has 0 radical (unpaired) electrons. The van der Waals surface area contributed by atoms with Gasteiger partial charge in [0.2, 0.25) is 0 Å². The van der Waals surface area contributed by atoms with Crippen molar-refractivity contribution in [2.45, 2.75) is 11.8 Å². The van der Waals surface area contributed by atoms with E-state index in [0.29, 0.717) is 21.3 Å². The van der Waals surface area contributed by atoms with E-state index in [1.54, 1.807) is 43.0 Å². The molecule has 7 heteroatoms. The van der Waals surface area contributed by atoms with Crippen LogP contribution in [0.3, 0.4) is 0 Å². The number of halogens is 2. The molecule has 0 aliphatic heterocycles. The van der Waals surface area contributed by atoms with Gasteiger partial charge in [-0.25, -0.2) is 4.79 Å². The molecule has 0 saturated heterocycles. The third kappa shape index (κ3) is 4.66. The van der Waals surface area contributed by atoms with Gasteiger partial charge in [0.05, 0.1) is 21.3 Å². The number of aryl methyl sites for hydroxylation is 1. The molecule has 0 unspecified atom stereocenters. The van der Waals surface area contributed by atoms with Crippen molar-refractivity contribution in [2.24, 2.45) is 0 Å². The Balaban J connectivity index is 1.95. The first-order valence-corrected chi connectivity index (χ1v) is 8.96. The lowest BCUT2D eigenvalue weighted by Crippen LogP contribution is -2.21. The van der Waals surface area contributed by atoms with Gasteiger partial charge in [-0.05, 0) is 49.1 Å². The van der Waals surface area contributed by atoms with Crippen LogP contribution in [0, 0.1) is 6.92 Å². The first kappa shape index (κ1) is 18.6. The number of esters is 1. The van der Waals surface area contributed by atoms with Crippen molar-refractivity contribution in [3.8, 4) is 0 Å². The molecule has 0 fully saturated rings. The SMILES string of the molecule is CSc1ccc(C(=O)OCC(=O)Nc2c(Cl)ccc(C)c2Cl)cc1. The minimum Gasteiger partial charge on any atom is -0.452 e. The Morgan fingerprint density at radius 1 is 1.12 bits per heavy atom. The largest absolute Gasteiger partial charge is 0.452 e. The second kappa shape index (κ2) is 8.42. The number of ether oxygens (including phenoxy) is 1. The standard InChI is InChI=1S/C17H15Cl2NO3S/c1-10-3-8-13(18)16(15(10)19)20-14(21)9-23-17(22)11-4-6-12(24-2)7-5-11/h3-8H,9H2,1-2H3,(H,20,21). The first-order chi connectivity index (χ1) is 11.4. The Hall–Kier alpha value is -1.69. The molecule has 0 aromatic heterocycles. The highest BCUT2D eigenvalue weighted by atomic mass is 35.5. The lowest BCUT2D eigenvalue weighted by atomic mass is 10.2. The number of thioether (sulfide) groups is 1. The number of hydrogen-bond acceptors (Lipinski definition) is 4. The van der Waals surface area contributed by atoms with Crippen LogP contribution < -0.4 is 5.32 Å². The minimum atomic E-state index is -0.570. The quantitative estimate of drug-likeness (QED) is 0.593. The summed E-state index contributed by atoms with van der Waals surface area (Å²) in [5.74, 6) is -1.09. The molecule has 1 N–H and O–H groups in total. The fourth-order valence-corrected chi connectivity index (χ4v) is 2.76. The van der Waals surface area contributed by atoms with Gasteiger partial charge in [-0.15, -0.1) is 11.8 Å². The maximum absolute atomic E-state index is 12.0. The maximum Gasteiger partial charge on any atom is 0.338 e. The number of hydrogen-bond donors (Lipinski definition) is 1. The Bertz CT molecular complexity index is 763. The van der Waals surface area contributed by atoms with Crippen LogP contribution in [0.5, 0.6) is 0 Å². The number of carbonyl (C=O) groups is 2. The van der Waals surface area contributed by atoms with E-state index in [1.807, 2.05) is 18.4 Å². The highest BCUT2D eigenvalue weighted by molar-refractivity contribution is 7.98. The highest BCUT2D eigenvalue weighted by Gasteiger charge is 2.14. The fourth-order valence-electron chi connectivity index (χ4n) is 1.89. The van der Waals surface area contributed by atoms with Crippen LogP contribution in [-0.2, 0) is 9.53 Å². The summed E-state index contributed by atoms with van der Waals surface area (Å²) in [5.41, 5.74) is 1.47. The average molecular weight is 384 g/mol. The van der Waals surface area contributed by atoms with Crippen molar-refractivity contribution in [1.82, 2.24) is 0 Å². The van der Waals surface area contributed by atoms with Gasteiger partial charge in [0.25, 0.3) is 5.91 Å². The number of benzene rings is 2. The smallest absolute Gasteiger partial charge is 0.338 e. The Morgan fingerprint density at radius 2 is 1.79 bits per heavy atom. The van der Waals surface area contributed by atoms with Crippen LogP contribution in [0.25, 0.3) is 0 Å². The van der Waals surface area contributed by atoms with Crippen LogP contribution in [-0.4, -0.2) is 24.7 Å². The molecule has 126 valence electrons. The summed E-state index contributed by atoms with van der Waals surface area (Å²) in [6.07, 6.45) is 1.94. The van der Waals surface area contributed by atoms with Gasteiger partial charge in [0.15, 0.2) is 6.61 Å². The third-order valence-electron chi connectivity index (χ3n) is 3.21. The zero-order valence-electron chi connectivity index (χ0n) is 13.1. The lowest BCUT2D eigenvalue weighted by molar-refractivity contribution is -0.119. The summed E-state index contributed by atoms with van der Waals surface area (Å²) in [4.78, 5) is 24.9. The molecule has 4 nitrogen and oxygen atoms in total. The van der Waals surface area contributed by atoms with E-state index in [4.69, 9.17) is 27.9 Å². The van der Waals surface area contributed by atoms with Crippen molar-refractivity contribution in [1.29, 1.82) is 0 Å². The van der Waals surface area contributed by atoms with E-state index in [-0.39, 0.29) is 0 Å². The summed E-state index contributed by atoms with van der Waals surface area (Å²) >= 11 is 13.7. The maximum atomic E-state index is 12.0.